The lowest BCUT2D eigenvalue weighted by Gasteiger charge is -2.06. The summed E-state index contributed by atoms with van der Waals surface area (Å²) >= 11 is 12.3. The van der Waals surface area contributed by atoms with Crippen molar-refractivity contribution in [2.75, 3.05) is 13.1 Å². The van der Waals surface area contributed by atoms with Crippen LogP contribution in [-0.4, -0.2) is 23.9 Å². The van der Waals surface area contributed by atoms with E-state index in [4.69, 9.17) is 23.2 Å². The van der Waals surface area contributed by atoms with Crippen molar-refractivity contribution in [3.05, 3.63) is 69.3 Å². The first-order chi connectivity index (χ1) is 11.2. The van der Waals surface area contributed by atoms with Gasteiger partial charge in [-0.3, -0.25) is 4.99 Å². The molecular formula is C18H16Cl3N3. The van der Waals surface area contributed by atoms with Gasteiger partial charge in [0.05, 0.1) is 6.54 Å². The monoisotopic (exact) mass is 379 g/mol. The molecule has 0 spiro atoms. The molecule has 0 amide bonds. The highest BCUT2D eigenvalue weighted by Crippen LogP contribution is 2.28. The lowest BCUT2D eigenvalue weighted by Crippen LogP contribution is -2.20. The number of benzene rings is 2. The van der Waals surface area contributed by atoms with Crippen molar-refractivity contribution < 1.29 is 0 Å². The molecule has 0 saturated carbocycles. The van der Waals surface area contributed by atoms with Gasteiger partial charge in [0.2, 0.25) is 0 Å². The number of hydrogen-bond acceptors (Lipinski definition) is 2. The first-order valence-electron chi connectivity index (χ1n) is 7.54. The number of aliphatic imine (C=N–C) groups is 1. The number of halogens is 3. The zero-order valence-electron chi connectivity index (χ0n) is 12.8. The Balaban J connectivity index is 0.00000169. The maximum atomic E-state index is 6.20. The summed E-state index contributed by atoms with van der Waals surface area (Å²) in [7, 11) is 0. The highest BCUT2D eigenvalue weighted by Gasteiger charge is 2.19. The van der Waals surface area contributed by atoms with Crippen LogP contribution in [0.5, 0.6) is 0 Å². The van der Waals surface area contributed by atoms with Gasteiger partial charge in [0.15, 0.2) is 0 Å². The molecule has 1 aliphatic heterocycles. The van der Waals surface area contributed by atoms with Crippen LogP contribution in [0.2, 0.25) is 10.0 Å². The Morgan fingerprint density at radius 2 is 1.88 bits per heavy atom. The summed E-state index contributed by atoms with van der Waals surface area (Å²) < 4.78 is 0. The van der Waals surface area contributed by atoms with Crippen LogP contribution < -0.4 is 5.32 Å². The zero-order chi connectivity index (χ0) is 15.8. The number of H-pyrrole nitrogens is 1. The van der Waals surface area contributed by atoms with E-state index in [0.717, 1.165) is 63.1 Å². The molecule has 124 valence electrons. The van der Waals surface area contributed by atoms with Crippen LogP contribution >= 0.6 is 35.6 Å². The molecule has 2 aromatic carbocycles. The Labute approximate surface area is 156 Å². The molecule has 2 N–H and O–H groups in total. The Bertz CT molecular complexity index is 915. The van der Waals surface area contributed by atoms with E-state index in [1.807, 2.05) is 36.4 Å². The highest BCUT2D eigenvalue weighted by molar-refractivity contribution is 6.31. The average Bonchev–Trinajstić information content (AvgIpc) is 3.14. The lowest BCUT2D eigenvalue weighted by molar-refractivity contribution is 0.959. The summed E-state index contributed by atoms with van der Waals surface area (Å²) in [6.07, 6.45) is 0.767. The van der Waals surface area contributed by atoms with Crippen molar-refractivity contribution in [3.63, 3.8) is 0 Å². The molecule has 4 rings (SSSR count). The van der Waals surface area contributed by atoms with Gasteiger partial charge in [-0.15, -0.1) is 12.4 Å². The third-order valence-corrected chi connectivity index (χ3v) is 4.49. The smallest absolute Gasteiger partial charge is 0.130 e. The van der Waals surface area contributed by atoms with E-state index in [0.29, 0.717) is 0 Å². The van der Waals surface area contributed by atoms with E-state index < -0.39 is 0 Å². The van der Waals surface area contributed by atoms with Crippen molar-refractivity contribution in [1.82, 2.24) is 10.3 Å². The highest BCUT2D eigenvalue weighted by atomic mass is 35.5. The van der Waals surface area contributed by atoms with Crippen LogP contribution in [0.25, 0.3) is 10.9 Å². The first kappa shape index (κ1) is 17.2. The van der Waals surface area contributed by atoms with Crippen LogP contribution in [0, 0.1) is 0 Å². The molecule has 3 aromatic rings. The maximum Gasteiger partial charge on any atom is 0.130 e. The van der Waals surface area contributed by atoms with Crippen molar-refractivity contribution in [2.24, 2.45) is 4.99 Å². The van der Waals surface area contributed by atoms with Gasteiger partial charge in [-0.05, 0) is 35.9 Å². The largest absolute Gasteiger partial charge is 0.368 e. The fourth-order valence-corrected chi connectivity index (χ4v) is 3.42. The van der Waals surface area contributed by atoms with Gasteiger partial charge in [0.1, 0.15) is 5.84 Å². The van der Waals surface area contributed by atoms with Gasteiger partial charge in [0.25, 0.3) is 0 Å². The number of aromatic amines is 1. The molecule has 0 saturated heterocycles. The molecule has 1 aromatic heterocycles. The number of fused-ring (bicyclic) bond motifs is 1. The normalized spacial score (nSPS) is 13.5. The summed E-state index contributed by atoms with van der Waals surface area (Å²) in [4.78, 5) is 8.11. The summed E-state index contributed by atoms with van der Waals surface area (Å²) in [6.45, 7) is 1.68. The minimum Gasteiger partial charge on any atom is -0.368 e. The first-order valence-corrected chi connectivity index (χ1v) is 8.29. The van der Waals surface area contributed by atoms with E-state index in [9.17, 15) is 0 Å². The second kappa shape index (κ2) is 7.06. The Morgan fingerprint density at radius 3 is 2.62 bits per heavy atom. The second-order valence-electron chi connectivity index (χ2n) is 5.63. The van der Waals surface area contributed by atoms with Crippen molar-refractivity contribution in [1.29, 1.82) is 0 Å². The van der Waals surface area contributed by atoms with Crippen LogP contribution in [0.3, 0.4) is 0 Å². The fourth-order valence-electron chi connectivity index (χ4n) is 3.04. The molecule has 2 heterocycles. The number of hydrogen-bond donors (Lipinski definition) is 2. The van der Waals surface area contributed by atoms with E-state index >= 15 is 0 Å². The lowest BCUT2D eigenvalue weighted by atomic mass is 10.0. The quantitative estimate of drug-likeness (QED) is 0.671. The summed E-state index contributed by atoms with van der Waals surface area (Å²) in [5, 5.41) is 5.95. The topological polar surface area (TPSA) is 40.2 Å². The summed E-state index contributed by atoms with van der Waals surface area (Å²) in [5.74, 6) is 0.940. The van der Waals surface area contributed by atoms with Gasteiger partial charge < -0.3 is 10.3 Å². The van der Waals surface area contributed by atoms with Gasteiger partial charge in [-0.25, -0.2) is 0 Å². The van der Waals surface area contributed by atoms with Gasteiger partial charge in [0, 0.05) is 45.2 Å². The molecular weight excluding hydrogens is 365 g/mol. The molecule has 0 atom stereocenters. The number of amidine groups is 1. The number of rotatable bonds is 3. The molecule has 0 bridgehead atoms. The van der Waals surface area contributed by atoms with Crippen LogP contribution in [-0.2, 0) is 6.42 Å². The second-order valence-corrected chi connectivity index (χ2v) is 6.51. The van der Waals surface area contributed by atoms with Gasteiger partial charge >= 0.3 is 0 Å². The predicted octanol–water partition coefficient (Wildman–Crippen LogP) is 4.84. The van der Waals surface area contributed by atoms with Crippen LogP contribution in [0.4, 0.5) is 0 Å². The Morgan fingerprint density at radius 1 is 1.04 bits per heavy atom. The predicted molar refractivity (Wildman–Crippen MR) is 104 cm³/mol. The maximum absolute atomic E-state index is 6.20. The molecule has 1 aliphatic rings. The van der Waals surface area contributed by atoms with E-state index in [-0.39, 0.29) is 12.4 Å². The van der Waals surface area contributed by atoms with E-state index in [1.165, 1.54) is 0 Å². The van der Waals surface area contributed by atoms with Crippen molar-refractivity contribution >= 4 is 52.3 Å². The standard InChI is InChI=1S/C18H15Cl2N3.ClH/c19-12-3-1-2-11(8-12)9-16-17(18-21-6-7-22-18)14-10-13(20)4-5-15(14)23-16;/h1-5,8,10,23H,6-7,9H2,(H,21,22);1H. The Hall–Kier alpha value is -1.68. The molecule has 0 unspecified atom stereocenters. The zero-order valence-corrected chi connectivity index (χ0v) is 15.1. The molecule has 6 heteroatoms. The molecule has 0 aliphatic carbocycles. The van der Waals surface area contributed by atoms with E-state index in [2.05, 4.69) is 21.4 Å². The average molecular weight is 381 g/mol. The molecule has 0 radical (unpaired) electrons. The summed E-state index contributed by atoms with van der Waals surface area (Å²) in [5.41, 5.74) is 4.46. The number of aromatic nitrogens is 1. The third kappa shape index (κ3) is 3.25. The molecule has 24 heavy (non-hydrogen) atoms. The fraction of sp³-hybridized carbons (Fsp3) is 0.167. The van der Waals surface area contributed by atoms with Crippen LogP contribution in [0.15, 0.2) is 47.5 Å². The van der Waals surface area contributed by atoms with Gasteiger partial charge in [-0.1, -0.05) is 35.3 Å². The minimum atomic E-state index is 0. The van der Waals surface area contributed by atoms with E-state index in [1.54, 1.807) is 0 Å². The summed E-state index contributed by atoms with van der Waals surface area (Å²) in [6, 6.07) is 13.8. The number of nitrogens with zero attached hydrogens (tertiary/aromatic N) is 1. The number of nitrogens with one attached hydrogen (secondary N) is 2. The SMILES string of the molecule is Cl.Clc1cccc(Cc2[nH]c3ccc(Cl)cc3c2C2=NCCN2)c1. The molecule has 0 fully saturated rings. The van der Waals surface area contributed by atoms with Gasteiger partial charge in [-0.2, -0.15) is 0 Å². The minimum absolute atomic E-state index is 0. The van der Waals surface area contributed by atoms with Crippen molar-refractivity contribution in [3.8, 4) is 0 Å². The van der Waals surface area contributed by atoms with Crippen LogP contribution in [0.1, 0.15) is 16.8 Å². The van der Waals surface area contributed by atoms with Crippen molar-refractivity contribution in [2.45, 2.75) is 6.42 Å². The Kier molecular flexibility index (Phi) is 5.04. The third-order valence-electron chi connectivity index (χ3n) is 4.02. The molecule has 3 nitrogen and oxygen atoms in total.